The normalized spacial score (nSPS) is 28.1. The fourth-order valence-electron chi connectivity index (χ4n) is 4.77. The second-order valence-electron chi connectivity index (χ2n) is 8.10. The first kappa shape index (κ1) is 19.3. The van der Waals surface area contributed by atoms with Crippen LogP contribution in [-0.4, -0.2) is 66.0 Å². The van der Waals surface area contributed by atoms with Gasteiger partial charge in [0.25, 0.3) is 5.91 Å². The number of carbonyl (C=O) groups excluding carboxylic acids is 1. The van der Waals surface area contributed by atoms with E-state index in [0.717, 1.165) is 56.5 Å². The summed E-state index contributed by atoms with van der Waals surface area (Å²) in [6.45, 7) is 3.45. The van der Waals surface area contributed by atoms with Gasteiger partial charge in [0.2, 0.25) is 0 Å². The van der Waals surface area contributed by atoms with Gasteiger partial charge < -0.3 is 25.2 Å². The predicted octanol–water partition coefficient (Wildman–Crippen LogP) is 1.64. The molecule has 0 aromatic carbocycles. The fraction of sp³-hybridized carbons (Fsp3) is 0.750. The van der Waals surface area contributed by atoms with Crippen LogP contribution in [0.5, 0.6) is 0 Å². The van der Waals surface area contributed by atoms with E-state index in [-0.39, 0.29) is 30.3 Å². The molecule has 1 amide bonds. The molecule has 0 radical (unpaired) electrons. The molecule has 7 heteroatoms. The van der Waals surface area contributed by atoms with Crippen molar-refractivity contribution in [1.82, 2.24) is 10.2 Å². The highest BCUT2D eigenvalue weighted by Gasteiger charge is 2.42. The van der Waals surface area contributed by atoms with Crippen molar-refractivity contribution in [2.24, 2.45) is 0 Å². The number of thiophene rings is 1. The van der Waals surface area contributed by atoms with Gasteiger partial charge in [-0.1, -0.05) is 0 Å². The minimum Gasteiger partial charge on any atom is -0.395 e. The predicted molar refractivity (Wildman–Crippen MR) is 104 cm³/mol. The number of aliphatic hydroxyl groups excluding tert-OH is 2. The van der Waals surface area contributed by atoms with Gasteiger partial charge in [0.15, 0.2) is 0 Å². The molecule has 0 bridgehead atoms. The Balaban J connectivity index is 1.47. The van der Waals surface area contributed by atoms with Crippen molar-refractivity contribution < 1.29 is 19.7 Å². The van der Waals surface area contributed by atoms with Gasteiger partial charge in [0, 0.05) is 37.0 Å². The topological polar surface area (TPSA) is 82.0 Å². The molecule has 3 heterocycles. The Kier molecular flexibility index (Phi) is 5.85. The monoisotopic (exact) mass is 394 g/mol. The number of fused-ring (bicyclic) bond motifs is 2. The first-order valence-corrected chi connectivity index (χ1v) is 11.0. The zero-order valence-corrected chi connectivity index (χ0v) is 16.6. The number of β-amino-alcohol motifs (C(OH)–C–C–N with tert-alkyl or cyclic N) is 1. The molecule has 3 N–H and O–H groups in total. The average molecular weight is 395 g/mol. The number of amides is 1. The Hall–Kier alpha value is -0.990. The summed E-state index contributed by atoms with van der Waals surface area (Å²) in [5, 5.41) is 22.1. The molecule has 27 heavy (non-hydrogen) atoms. The molecule has 1 aliphatic carbocycles. The number of nitrogens with zero attached hydrogens (tertiary/aromatic N) is 1. The summed E-state index contributed by atoms with van der Waals surface area (Å²) in [5.41, 5.74) is 0.937. The van der Waals surface area contributed by atoms with E-state index in [2.05, 4.69) is 16.3 Å². The largest absolute Gasteiger partial charge is 0.395 e. The third-order valence-electron chi connectivity index (χ3n) is 6.29. The summed E-state index contributed by atoms with van der Waals surface area (Å²) < 4.78 is 6.27. The number of nitrogens with one attached hydrogen (secondary N) is 1. The molecule has 1 saturated heterocycles. The van der Waals surface area contributed by atoms with Gasteiger partial charge in [-0.2, -0.15) is 0 Å². The lowest BCUT2D eigenvalue weighted by Gasteiger charge is -2.44. The highest BCUT2D eigenvalue weighted by Crippen LogP contribution is 2.44. The van der Waals surface area contributed by atoms with Crippen LogP contribution >= 0.6 is 11.3 Å². The van der Waals surface area contributed by atoms with Crippen LogP contribution in [0.3, 0.4) is 0 Å². The van der Waals surface area contributed by atoms with E-state index in [4.69, 9.17) is 9.84 Å². The molecule has 2 aliphatic heterocycles. The van der Waals surface area contributed by atoms with Crippen molar-refractivity contribution in [1.29, 1.82) is 0 Å². The second-order valence-corrected chi connectivity index (χ2v) is 9.23. The average Bonchev–Trinajstić information content (AvgIpc) is 3.10. The Morgan fingerprint density at radius 3 is 2.93 bits per heavy atom. The molecular formula is C20H30N2O4S. The lowest BCUT2D eigenvalue weighted by atomic mass is 9.82. The molecule has 0 unspecified atom stereocenters. The van der Waals surface area contributed by atoms with E-state index < -0.39 is 0 Å². The van der Waals surface area contributed by atoms with E-state index in [0.29, 0.717) is 19.6 Å². The number of likely N-dealkylation sites (tertiary alicyclic amines) is 1. The van der Waals surface area contributed by atoms with Crippen LogP contribution in [0.25, 0.3) is 0 Å². The van der Waals surface area contributed by atoms with E-state index in [1.54, 1.807) is 11.3 Å². The van der Waals surface area contributed by atoms with Crippen molar-refractivity contribution in [2.45, 2.75) is 62.7 Å². The molecule has 1 saturated carbocycles. The van der Waals surface area contributed by atoms with Crippen LogP contribution in [0.1, 0.15) is 58.6 Å². The number of ether oxygens (including phenoxy) is 1. The van der Waals surface area contributed by atoms with Crippen LogP contribution in [0, 0.1) is 0 Å². The summed E-state index contributed by atoms with van der Waals surface area (Å²) in [6.07, 6.45) is 5.81. The molecule has 3 aliphatic rings. The van der Waals surface area contributed by atoms with E-state index in [1.807, 2.05) is 0 Å². The zero-order valence-electron chi connectivity index (χ0n) is 15.8. The number of piperidine rings is 1. The standard InChI is InChI=1S/C20H30N2O4S/c23-10-9-22-7-5-20(6-8-22)16-13-18(27-17(16)4-11-26-20)19(25)21-14-2-1-3-15(24)12-14/h13-15,23-24H,1-12H2,(H,21,25)/t14-,15+/m0/s1. The lowest BCUT2D eigenvalue weighted by Crippen LogP contribution is -2.46. The lowest BCUT2D eigenvalue weighted by molar-refractivity contribution is -0.0979. The zero-order chi connectivity index (χ0) is 18.9. The summed E-state index contributed by atoms with van der Waals surface area (Å²) in [4.78, 5) is 17.1. The van der Waals surface area contributed by atoms with Crippen molar-refractivity contribution in [3.05, 3.63) is 21.4 Å². The number of rotatable bonds is 4. The number of hydrogen-bond donors (Lipinski definition) is 3. The van der Waals surface area contributed by atoms with Crippen LogP contribution in [0.2, 0.25) is 0 Å². The maximum atomic E-state index is 12.8. The number of carbonyl (C=O) groups is 1. The third-order valence-corrected chi connectivity index (χ3v) is 7.49. The van der Waals surface area contributed by atoms with E-state index in [9.17, 15) is 9.90 Å². The second kappa shape index (κ2) is 8.17. The van der Waals surface area contributed by atoms with E-state index in [1.165, 1.54) is 10.4 Å². The molecule has 1 aromatic rings. The molecule has 2 atom stereocenters. The van der Waals surface area contributed by atoms with Crippen LogP contribution in [-0.2, 0) is 16.8 Å². The minimum atomic E-state index is -0.290. The Morgan fingerprint density at radius 2 is 2.19 bits per heavy atom. The summed E-state index contributed by atoms with van der Waals surface area (Å²) in [7, 11) is 0. The highest BCUT2D eigenvalue weighted by atomic mass is 32.1. The maximum absolute atomic E-state index is 12.8. The van der Waals surface area contributed by atoms with Gasteiger partial charge >= 0.3 is 0 Å². The van der Waals surface area contributed by atoms with Crippen LogP contribution in [0.15, 0.2) is 6.07 Å². The molecule has 150 valence electrons. The number of hydrogen-bond acceptors (Lipinski definition) is 6. The molecule has 2 fully saturated rings. The van der Waals surface area contributed by atoms with Crippen molar-refractivity contribution in [3.8, 4) is 0 Å². The quantitative estimate of drug-likeness (QED) is 0.723. The van der Waals surface area contributed by atoms with Crippen molar-refractivity contribution in [2.75, 3.05) is 32.8 Å². The smallest absolute Gasteiger partial charge is 0.261 e. The van der Waals surface area contributed by atoms with Crippen LogP contribution in [0.4, 0.5) is 0 Å². The first-order chi connectivity index (χ1) is 13.1. The maximum Gasteiger partial charge on any atom is 0.261 e. The molecule has 6 nitrogen and oxygen atoms in total. The minimum absolute atomic E-state index is 0.0126. The fourth-order valence-corrected chi connectivity index (χ4v) is 5.91. The molecule has 1 spiro atoms. The van der Waals surface area contributed by atoms with Gasteiger partial charge in [-0.15, -0.1) is 11.3 Å². The summed E-state index contributed by atoms with van der Waals surface area (Å²) in [6, 6.07) is 2.13. The SMILES string of the molecule is O=C(N[C@H]1CCC[C@@H](O)C1)c1cc2c(s1)CCOC21CCN(CCO)CC1. The summed E-state index contributed by atoms with van der Waals surface area (Å²) in [5.74, 6) is -0.0126. The molecular weight excluding hydrogens is 364 g/mol. The van der Waals surface area contributed by atoms with Gasteiger partial charge in [0.05, 0.1) is 29.8 Å². The third kappa shape index (κ3) is 4.07. The highest BCUT2D eigenvalue weighted by molar-refractivity contribution is 7.14. The molecule has 4 rings (SSSR count). The Labute approximate surface area is 164 Å². The van der Waals surface area contributed by atoms with Crippen molar-refractivity contribution >= 4 is 17.2 Å². The van der Waals surface area contributed by atoms with Gasteiger partial charge in [-0.3, -0.25) is 4.79 Å². The number of aliphatic hydroxyl groups is 2. The van der Waals surface area contributed by atoms with Crippen molar-refractivity contribution in [3.63, 3.8) is 0 Å². The molecule has 1 aromatic heterocycles. The summed E-state index contributed by atoms with van der Waals surface area (Å²) >= 11 is 1.60. The van der Waals surface area contributed by atoms with Crippen LogP contribution < -0.4 is 5.32 Å². The van der Waals surface area contributed by atoms with Gasteiger partial charge in [0.1, 0.15) is 0 Å². The Morgan fingerprint density at radius 1 is 1.37 bits per heavy atom. The van der Waals surface area contributed by atoms with Gasteiger partial charge in [-0.05, 0) is 50.2 Å². The van der Waals surface area contributed by atoms with Gasteiger partial charge in [-0.25, -0.2) is 0 Å². The first-order valence-electron chi connectivity index (χ1n) is 10.2. The Bertz CT molecular complexity index is 669. The van der Waals surface area contributed by atoms with E-state index >= 15 is 0 Å².